The summed E-state index contributed by atoms with van der Waals surface area (Å²) in [5.74, 6) is 0. The summed E-state index contributed by atoms with van der Waals surface area (Å²) in [6.45, 7) is 4.45. The van der Waals surface area contributed by atoms with Gasteiger partial charge in [-0.3, -0.25) is 0 Å². The third-order valence-electron chi connectivity index (χ3n) is 5.00. The van der Waals surface area contributed by atoms with Gasteiger partial charge in [0.25, 0.3) is 0 Å². The number of nitrogens with two attached hydrogens (primary N) is 1. The van der Waals surface area contributed by atoms with Crippen LogP contribution in [0.4, 0.5) is 0 Å². The number of rotatable bonds is 0. The van der Waals surface area contributed by atoms with E-state index in [-0.39, 0.29) is 5.54 Å². The molecule has 1 atom stereocenters. The highest BCUT2D eigenvalue weighted by molar-refractivity contribution is 5.14. The summed E-state index contributed by atoms with van der Waals surface area (Å²) >= 11 is 0. The Morgan fingerprint density at radius 2 is 1.15 bits per heavy atom. The maximum atomic E-state index is 6.48. The zero-order valence-electron chi connectivity index (χ0n) is 14.1. The van der Waals surface area contributed by atoms with Gasteiger partial charge in [0.1, 0.15) is 0 Å². The lowest BCUT2D eigenvalue weighted by Crippen LogP contribution is -2.37. The fourth-order valence-electron chi connectivity index (χ4n) is 3.15. The van der Waals surface area contributed by atoms with Crippen LogP contribution in [0, 0.1) is 0 Å². The van der Waals surface area contributed by atoms with E-state index in [0.717, 1.165) is 6.42 Å². The van der Waals surface area contributed by atoms with Crippen molar-refractivity contribution in [3.63, 3.8) is 0 Å². The molecule has 1 aliphatic rings. The van der Waals surface area contributed by atoms with Crippen LogP contribution in [-0.2, 0) is 0 Å². The van der Waals surface area contributed by atoms with Crippen LogP contribution in [0.25, 0.3) is 0 Å². The molecule has 1 rings (SSSR count). The molecule has 20 heavy (non-hydrogen) atoms. The first-order valence-corrected chi connectivity index (χ1v) is 9.09. The standard InChI is InChI=1S/C19H37N/c1-18-16-14-12-10-8-6-4-3-5-7-9-11-13-15-17-19(18,2)20/h16H,3-15,17,20H2,1-2H3/b18-16-. The van der Waals surface area contributed by atoms with Crippen LogP contribution in [0.5, 0.6) is 0 Å². The molecular formula is C19H37N. The Labute approximate surface area is 127 Å². The first kappa shape index (κ1) is 17.8. The van der Waals surface area contributed by atoms with Gasteiger partial charge in [-0.15, -0.1) is 0 Å². The molecule has 0 heterocycles. The third kappa shape index (κ3) is 8.09. The zero-order valence-corrected chi connectivity index (χ0v) is 14.1. The van der Waals surface area contributed by atoms with Gasteiger partial charge in [0.2, 0.25) is 0 Å². The molecule has 0 saturated heterocycles. The Balaban J connectivity index is 2.39. The lowest BCUT2D eigenvalue weighted by Gasteiger charge is -2.26. The lowest BCUT2D eigenvalue weighted by atomic mass is 9.87. The monoisotopic (exact) mass is 279 g/mol. The molecule has 0 aromatic heterocycles. The number of hydrogen-bond acceptors (Lipinski definition) is 1. The maximum absolute atomic E-state index is 6.48. The van der Waals surface area contributed by atoms with Gasteiger partial charge in [0, 0.05) is 5.54 Å². The van der Waals surface area contributed by atoms with E-state index in [1.807, 2.05) is 0 Å². The average molecular weight is 280 g/mol. The molecule has 0 radical (unpaired) electrons. The van der Waals surface area contributed by atoms with Crippen LogP contribution in [0.3, 0.4) is 0 Å². The minimum atomic E-state index is -0.0754. The molecule has 1 unspecified atom stereocenters. The largest absolute Gasteiger partial charge is 0.322 e. The molecule has 0 spiro atoms. The van der Waals surface area contributed by atoms with Gasteiger partial charge in [-0.05, 0) is 33.1 Å². The summed E-state index contributed by atoms with van der Waals surface area (Å²) in [5.41, 5.74) is 7.81. The van der Waals surface area contributed by atoms with Crippen molar-refractivity contribution in [2.75, 3.05) is 0 Å². The molecule has 0 aliphatic heterocycles. The minimum Gasteiger partial charge on any atom is -0.322 e. The zero-order chi connectivity index (χ0) is 14.7. The van der Waals surface area contributed by atoms with Crippen LogP contribution in [0.2, 0.25) is 0 Å². The molecule has 0 aromatic rings. The number of allylic oxidation sites excluding steroid dienone is 1. The van der Waals surface area contributed by atoms with E-state index in [2.05, 4.69) is 19.9 Å². The Morgan fingerprint density at radius 3 is 1.65 bits per heavy atom. The second-order valence-corrected chi connectivity index (χ2v) is 7.09. The molecule has 0 amide bonds. The van der Waals surface area contributed by atoms with E-state index in [9.17, 15) is 0 Å². The normalized spacial score (nSPS) is 32.0. The summed E-state index contributed by atoms with van der Waals surface area (Å²) in [4.78, 5) is 0. The summed E-state index contributed by atoms with van der Waals surface area (Å²) in [6, 6.07) is 0. The summed E-state index contributed by atoms with van der Waals surface area (Å²) in [6.07, 6.45) is 21.7. The quantitative estimate of drug-likeness (QED) is 0.531. The van der Waals surface area contributed by atoms with Crippen molar-refractivity contribution in [1.82, 2.24) is 0 Å². The van der Waals surface area contributed by atoms with Gasteiger partial charge in [-0.25, -0.2) is 0 Å². The Bertz CT molecular complexity index is 265. The summed E-state index contributed by atoms with van der Waals surface area (Å²) in [7, 11) is 0. The highest BCUT2D eigenvalue weighted by atomic mass is 14.7. The Kier molecular flexibility index (Phi) is 9.26. The van der Waals surface area contributed by atoms with E-state index in [1.54, 1.807) is 0 Å². The minimum absolute atomic E-state index is 0.0754. The SMILES string of the molecule is C/C1=C/CCCCCCCCCCCCCCC1(C)N. The van der Waals surface area contributed by atoms with Crippen molar-refractivity contribution in [2.24, 2.45) is 5.73 Å². The van der Waals surface area contributed by atoms with E-state index >= 15 is 0 Å². The van der Waals surface area contributed by atoms with E-state index in [1.165, 1.54) is 89.0 Å². The molecular weight excluding hydrogens is 242 g/mol. The molecule has 0 aromatic carbocycles. The van der Waals surface area contributed by atoms with Crippen molar-refractivity contribution in [3.05, 3.63) is 11.6 Å². The van der Waals surface area contributed by atoms with E-state index in [0.29, 0.717) is 0 Å². The van der Waals surface area contributed by atoms with Gasteiger partial charge in [0.15, 0.2) is 0 Å². The van der Waals surface area contributed by atoms with Gasteiger partial charge < -0.3 is 5.73 Å². The van der Waals surface area contributed by atoms with Gasteiger partial charge in [-0.2, -0.15) is 0 Å². The Morgan fingerprint density at radius 1 is 0.750 bits per heavy atom. The van der Waals surface area contributed by atoms with Crippen LogP contribution in [0.1, 0.15) is 104 Å². The average Bonchev–Trinajstić information content (AvgIpc) is 2.42. The van der Waals surface area contributed by atoms with Crippen LogP contribution >= 0.6 is 0 Å². The summed E-state index contributed by atoms with van der Waals surface area (Å²) in [5, 5.41) is 0. The van der Waals surface area contributed by atoms with Crippen molar-refractivity contribution in [2.45, 2.75) is 109 Å². The van der Waals surface area contributed by atoms with E-state index in [4.69, 9.17) is 5.73 Å². The van der Waals surface area contributed by atoms with Crippen LogP contribution < -0.4 is 5.73 Å². The molecule has 0 fully saturated rings. The predicted molar refractivity (Wildman–Crippen MR) is 91.0 cm³/mol. The fraction of sp³-hybridized carbons (Fsp3) is 0.895. The predicted octanol–water partition coefficient (Wildman–Crippen LogP) is 6.13. The first-order chi connectivity index (χ1) is 9.63. The van der Waals surface area contributed by atoms with Gasteiger partial charge in [-0.1, -0.05) is 82.3 Å². The second kappa shape index (κ2) is 10.4. The first-order valence-electron chi connectivity index (χ1n) is 9.09. The van der Waals surface area contributed by atoms with Crippen molar-refractivity contribution in [3.8, 4) is 0 Å². The molecule has 1 nitrogen and oxygen atoms in total. The number of hydrogen-bond donors (Lipinski definition) is 1. The van der Waals surface area contributed by atoms with Crippen molar-refractivity contribution >= 4 is 0 Å². The fourth-order valence-corrected chi connectivity index (χ4v) is 3.15. The van der Waals surface area contributed by atoms with Gasteiger partial charge >= 0.3 is 0 Å². The van der Waals surface area contributed by atoms with Gasteiger partial charge in [0.05, 0.1) is 0 Å². The third-order valence-corrected chi connectivity index (χ3v) is 5.00. The molecule has 118 valence electrons. The summed E-state index contributed by atoms with van der Waals surface area (Å²) < 4.78 is 0. The maximum Gasteiger partial charge on any atom is 0.0337 e. The lowest BCUT2D eigenvalue weighted by molar-refractivity contribution is 0.459. The van der Waals surface area contributed by atoms with Crippen molar-refractivity contribution < 1.29 is 0 Å². The highest BCUT2D eigenvalue weighted by Gasteiger charge is 2.19. The van der Waals surface area contributed by atoms with E-state index < -0.39 is 0 Å². The van der Waals surface area contributed by atoms with Crippen LogP contribution in [-0.4, -0.2) is 5.54 Å². The molecule has 2 N–H and O–H groups in total. The van der Waals surface area contributed by atoms with Crippen LogP contribution in [0.15, 0.2) is 11.6 Å². The second-order valence-electron chi connectivity index (χ2n) is 7.09. The molecule has 1 aliphatic carbocycles. The Hall–Kier alpha value is -0.300. The molecule has 0 saturated carbocycles. The molecule has 1 heteroatoms. The van der Waals surface area contributed by atoms with Crippen molar-refractivity contribution in [1.29, 1.82) is 0 Å². The topological polar surface area (TPSA) is 26.0 Å². The highest BCUT2D eigenvalue weighted by Crippen LogP contribution is 2.22. The molecule has 0 bridgehead atoms. The smallest absolute Gasteiger partial charge is 0.0337 e.